The first-order chi connectivity index (χ1) is 11.0. The summed E-state index contributed by atoms with van der Waals surface area (Å²) in [6.07, 6.45) is 2.65. The van der Waals surface area contributed by atoms with Crippen molar-refractivity contribution >= 4 is 17.5 Å². The average molecular weight is 319 g/mol. The maximum atomic E-state index is 12.3. The molecule has 0 saturated heterocycles. The van der Waals surface area contributed by atoms with Crippen molar-refractivity contribution in [1.29, 1.82) is 0 Å². The van der Waals surface area contributed by atoms with Crippen LogP contribution in [0.1, 0.15) is 38.3 Å². The standard InChI is InChI=1S/C18H29N3O2/c1-5-11-19-16(22)12-21(4)13-17(23)20-18-14(6-2)9-8-10-15(18)7-3/h8-10H,5-7,11-13H2,1-4H3,(H,19,22)(H,20,23). The Kier molecular flexibility index (Phi) is 8.33. The van der Waals surface area contributed by atoms with Crippen molar-refractivity contribution in [3.05, 3.63) is 29.3 Å². The molecule has 128 valence electrons. The molecular weight excluding hydrogens is 290 g/mol. The Hall–Kier alpha value is -1.88. The van der Waals surface area contributed by atoms with Gasteiger partial charge in [-0.15, -0.1) is 0 Å². The van der Waals surface area contributed by atoms with Crippen molar-refractivity contribution in [1.82, 2.24) is 10.2 Å². The highest BCUT2D eigenvalue weighted by Crippen LogP contribution is 2.22. The van der Waals surface area contributed by atoms with Crippen LogP contribution in [0.15, 0.2) is 18.2 Å². The van der Waals surface area contributed by atoms with E-state index in [4.69, 9.17) is 0 Å². The zero-order valence-corrected chi connectivity index (χ0v) is 14.7. The highest BCUT2D eigenvalue weighted by atomic mass is 16.2. The lowest BCUT2D eigenvalue weighted by molar-refractivity contribution is -0.122. The van der Waals surface area contributed by atoms with E-state index < -0.39 is 0 Å². The fourth-order valence-electron chi connectivity index (χ4n) is 2.45. The van der Waals surface area contributed by atoms with Crippen molar-refractivity contribution in [2.24, 2.45) is 0 Å². The van der Waals surface area contributed by atoms with Crippen LogP contribution in [0.5, 0.6) is 0 Å². The Bertz CT molecular complexity index is 507. The van der Waals surface area contributed by atoms with E-state index in [-0.39, 0.29) is 24.9 Å². The number of amides is 2. The SMILES string of the molecule is CCCNC(=O)CN(C)CC(=O)Nc1c(CC)cccc1CC. The fraction of sp³-hybridized carbons (Fsp3) is 0.556. The van der Waals surface area contributed by atoms with E-state index in [1.807, 2.05) is 25.1 Å². The number of hydrogen-bond donors (Lipinski definition) is 2. The fourth-order valence-corrected chi connectivity index (χ4v) is 2.45. The molecule has 1 rings (SSSR count). The van der Waals surface area contributed by atoms with Crippen molar-refractivity contribution < 1.29 is 9.59 Å². The lowest BCUT2D eigenvalue weighted by Gasteiger charge is -2.18. The van der Waals surface area contributed by atoms with E-state index >= 15 is 0 Å². The molecule has 2 N–H and O–H groups in total. The quantitative estimate of drug-likeness (QED) is 0.733. The van der Waals surface area contributed by atoms with Gasteiger partial charge in [0.1, 0.15) is 0 Å². The number of carbonyl (C=O) groups is 2. The van der Waals surface area contributed by atoms with Gasteiger partial charge in [-0.1, -0.05) is 39.0 Å². The van der Waals surface area contributed by atoms with Crippen LogP contribution in [0.25, 0.3) is 0 Å². The summed E-state index contributed by atoms with van der Waals surface area (Å²) in [5.74, 6) is -0.142. The predicted molar refractivity (Wildman–Crippen MR) is 94.6 cm³/mol. The van der Waals surface area contributed by atoms with Gasteiger partial charge >= 0.3 is 0 Å². The second-order valence-corrected chi connectivity index (χ2v) is 5.73. The van der Waals surface area contributed by atoms with Crippen LogP contribution in [0.4, 0.5) is 5.69 Å². The third kappa shape index (κ3) is 6.40. The van der Waals surface area contributed by atoms with Gasteiger partial charge in [0.15, 0.2) is 0 Å². The number of aryl methyl sites for hydroxylation is 2. The van der Waals surface area contributed by atoms with Gasteiger partial charge in [-0.25, -0.2) is 0 Å². The number of likely N-dealkylation sites (N-methyl/N-ethyl adjacent to an activating group) is 1. The summed E-state index contributed by atoms with van der Waals surface area (Å²) in [7, 11) is 1.78. The van der Waals surface area contributed by atoms with Crippen molar-refractivity contribution in [2.45, 2.75) is 40.0 Å². The van der Waals surface area contributed by atoms with E-state index in [1.54, 1.807) is 11.9 Å². The number of nitrogens with zero attached hydrogens (tertiary/aromatic N) is 1. The van der Waals surface area contributed by atoms with Gasteiger partial charge in [-0.2, -0.15) is 0 Å². The minimum absolute atomic E-state index is 0.0506. The predicted octanol–water partition coefficient (Wildman–Crippen LogP) is 2.21. The third-order valence-electron chi connectivity index (χ3n) is 3.66. The van der Waals surface area contributed by atoms with Crippen molar-refractivity contribution in [2.75, 3.05) is 32.0 Å². The van der Waals surface area contributed by atoms with Gasteiger partial charge in [0.2, 0.25) is 11.8 Å². The Balaban J connectivity index is 2.61. The van der Waals surface area contributed by atoms with Crippen molar-refractivity contribution in [3.8, 4) is 0 Å². The number of nitrogens with one attached hydrogen (secondary N) is 2. The first kappa shape index (κ1) is 19.2. The first-order valence-corrected chi connectivity index (χ1v) is 8.37. The van der Waals surface area contributed by atoms with Crippen molar-refractivity contribution in [3.63, 3.8) is 0 Å². The van der Waals surface area contributed by atoms with Crippen LogP contribution >= 0.6 is 0 Å². The van der Waals surface area contributed by atoms with E-state index in [2.05, 4.69) is 24.5 Å². The zero-order chi connectivity index (χ0) is 17.2. The van der Waals surface area contributed by atoms with Crippen LogP contribution < -0.4 is 10.6 Å². The molecule has 0 fully saturated rings. The summed E-state index contributed by atoms with van der Waals surface area (Å²) >= 11 is 0. The molecule has 0 radical (unpaired) electrons. The number of hydrogen-bond acceptors (Lipinski definition) is 3. The highest BCUT2D eigenvalue weighted by molar-refractivity contribution is 5.94. The molecule has 0 spiro atoms. The molecule has 0 unspecified atom stereocenters. The molecule has 5 nitrogen and oxygen atoms in total. The summed E-state index contributed by atoms with van der Waals surface area (Å²) in [6.45, 7) is 7.25. The Morgan fingerprint density at radius 1 is 1.00 bits per heavy atom. The van der Waals surface area contributed by atoms with Crippen LogP contribution in [-0.2, 0) is 22.4 Å². The molecule has 5 heteroatoms. The van der Waals surface area contributed by atoms with Gasteiger partial charge in [0.25, 0.3) is 0 Å². The summed E-state index contributed by atoms with van der Waals surface area (Å²) in [6, 6.07) is 6.10. The van der Waals surface area contributed by atoms with Crippen LogP contribution in [-0.4, -0.2) is 43.4 Å². The van der Waals surface area contributed by atoms with Crippen LogP contribution in [0, 0.1) is 0 Å². The van der Waals surface area contributed by atoms with E-state index in [0.29, 0.717) is 6.54 Å². The molecular formula is C18H29N3O2. The molecule has 0 aliphatic carbocycles. The van der Waals surface area contributed by atoms with Gasteiger partial charge in [-0.3, -0.25) is 14.5 Å². The first-order valence-electron chi connectivity index (χ1n) is 8.37. The molecule has 23 heavy (non-hydrogen) atoms. The second-order valence-electron chi connectivity index (χ2n) is 5.73. The summed E-state index contributed by atoms with van der Waals surface area (Å²) in [4.78, 5) is 25.7. The molecule has 0 aromatic heterocycles. The largest absolute Gasteiger partial charge is 0.355 e. The monoisotopic (exact) mass is 319 g/mol. The normalized spacial score (nSPS) is 10.7. The Morgan fingerprint density at radius 2 is 1.57 bits per heavy atom. The van der Waals surface area contributed by atoms with E-state index in [0.717, 1.165) is 36.1 Å². The maximum Gasteiger partial charge on any atom is 0.238 e. The number of anilines is 1. The summed E-state index contributed by atoms with van der Waals surface area (Å²) in [5, 5.41) is 5.83. The van der Waals surface area contributed by atoms with E-state index in [1.165, 1.54) is 0 Å². The van der Waals surface area contributed by atoms with Gasteiger partial charge < -0.3 is 10.6 Å². The Morgan fingerprint density at radius 3 is 2.09 bits per heavy atom. The molecule has 1 aromatic carbocycles. The van der Waals surface area contributed by atoms with Gasteiger partial charge in [-0.05, 0) is 37.4 Å². The lowest BCUT2D eigenvalue weighted by atomic mass is 10.0. The average Bonchev–Trinajstić information content (AvgIpc) is 2.52. The highest BCUT2D eigenvalue weighted by Gasteiger charge is 2.13. The second kappa shape index (κ2) is 10.0. The topological polar surface area (TPSA) is 61.4 Å². The Labute approximate surface area is 139 Å². The molecule has 0 aliphatic heterocycles. The smallest absolute Gasteiger partial charge is 0.238 e. The number of para-hydroxylation sites is 1. The van der Waals surface area contributed by atoms with Gasteiger partial charge in [0, 0.05) is 12.2 Å². The van der Waals surface area contributed by atoms with Crippen LogP contribution in [0.3, 0.4) is 0 Å². The molecule has 1 aromatic rings. The molecule has 0 atom stereocenters. The molecule has 0 saturated carbocycles. The van der Waals surface area contributed by atoms with E-state index in [9.17, 15) is 9.59 Å². The molecule has 0 bridgehead atoms. The zero-order valence-electron chi connectivity index (χ0n) is 14.7. The number of carbonyl (C=O) groups excluding carboxylic acids is 2. The summed E-state index contributed by atoms with van der Waals surface area (Å²) < 4.78 is 0. The maximum absolute atomic E-state index is 12.3. The third-order valence-corrected chi connectivity index (χ3v) is 3.66. The van der Waals surface area contributed by atoms with Crippen LogP contribution in [0.2, 0.25) is 0 Å². The lowest BCUT2D eigenvalue weighted by Crippen LogP contribution is -2.39. The molecule has 2 amide bonds. The molecule has 0 aliphatic rings. The number of benzene rings is 1. The minimum atomic E-state index is -0.0913. The van der Waals surface area contributed by atoms with Gasteiger partial charge in [0.05, 0.1) is 13.1 Å². The summed E-state index contributed by atoms with van der Waals surface area (Å²) in [5.41, 5.74) is 3.20. The number of rotatable bonds is 9. The molecule has 0 heterocycles. The minimum Gasteiger partial charge on any atom is -0.355 e.